The number of hydrogen-bond acceptors (Lipinski definition) is 3. The van der Waals surface area contributed by atoms with Gasteiger partial charge in [0.1, 0.15) is 11.5 Å². The molecule has 2 heterocycles. The molecule has 0 aliphatic heterocycles. The molecule has 0 amide bonds. The Labute approximate surface area is 119 Å². The van der Waals surface area contributed by atoms with Crippen molar-refractivity contribution in [3.8, 4) is 16.9 Å². The van der Waals surface area contributed by atoms with Gasteiger partial charge in [-0.25, -0.2) is 13.5 Å². The van der Waals surface area contributed by atoms with Gasteiger partial charge in [0.2, 0.25) is 0 Å². The summed E-state index contributed by atoms with van der Waals surface area (Å²) in [6.07, 6.45) is 4.74. The van der Waals surface area contributed by atoms with Gasteiger partial charge in [-0.2, -0.15) is 5.10 Å². The van der Waals surface area contributed by atoms with Crippen LogP contribution in [-0.4, -0.2) is 19.9 Å². The van der Waals surface area contributed by atoms with E-state index in [1.165, 1.54) is 16.9 Å². The summed E-state index contributed by atoms with van der Waals surface area (Å²) in [6.45, 7) is -0.243. The summed E-state index contributed by atoms with van der Waals surface area (Å²) in [6, 6.07) is 6.78. The third-order valence-corrected chi connectivity index (χ3v) is 3.05. The smallest absolute Gasteiger partial charge is 0.151 e. The van der Waals surface area contributed by atoms with Crippen LogP contribution in [0.5, 0.6) is 0 Å². The minimum Gasteiger partial charge on any atom is -0.392 e. The normalized spacial score (nSPS) is 10.8. The second kappa shape index (κ2) is 5.41. The number of halogens is 2. The van der Waals surface area contributed by atoms with Crippen molar-refractivity contribution in [2.75, 3.05) is 0 Å². The van der Waals surface area contributed by atoms with Gasteiger partial charge in [0.05, 0.1) is 12.3 Å². The molecule has 2 aromatic heterocycles. The minimum atomic E-state index is -0.722. The van der Waals surface area contributed by atoms with Gasteiger partial charge in [-0.05, 0) is 24.3 Å². The average Bonchev–Trinajstić information content (AvgIpc) is 2.92. The standard InChI is InChI=1S/C15H11F2N3O/c16-12-3-4-14(13(17)6-12)20-8-11(9-21)15(19-20)10-2-1-5-18-7-10/h1-8,21H,9H2. The van der Waals surface area contributed by atoms with Crippen LogP contribution in [0.25, 0.3) is 16.9 Å². The third-order valence-electron chi connectivity index (χ3n) is 3.05. The molecule has 6 heteroatoms. The summed E-state index contributed by atoms with van der Waals surface area (Å²) in [7, 11) is 0. The maximum absolute atomic E-state index is 13.8. The molecule has 0 aliphatic carbocycles. The summed E-state index contributed by atoms with van der Waals surface area (Å²) >= 11 is 0. The van der Waals surface area contributed by atoms with E-state index in [-0.39, 0.29) is 12.3 Å². The molecule has 0 saturated carbocycles. The highest BCUT2D eigenvalue weighted by molar-refractivity contribution is 5.62. The van der Waals surface area contributed by atoms with Crippen LogP contribution in [0.4, 0.5) is 8.78 Å². The molecule has 4 nitrogen and oxygen atoms in total. The lowest BCUT2D eigenvalue weighted by Gasteiger charge is -2.02. The fourth-order valence-electron chi connectivity index (χ4n) is 2.06. The number of nitrogens with zero attached hydrogens (tertiary/aromatic N) is 3. The maximum Gasteiger partial charge on any atom is 0.151 e. The Kier molecular flexibility index (Phi) is 3.45. The van der Waals surface area contributed by atoms with Gasteiger partial charge < -0.3 is 5.11 Å². The third kappa shape index (κ3) is 2.53. The molecule has 1 N–H and O–H groups in total. The molecule has 0 bridgehead atoms. The highest BCUT2D eigenvalue weighted by Crippen LogP contribution is 2.24. The first-order valence-electron chi connectivity index (χ1n) is 6.24. The first kappa shape index (κ1) is 13.4. The highest BCUT2D eigenvalue weighted by atomic mass is 19.1. The first-order valence-corrected chi connectivity index (χ1v) is 6.24. The number of aliphatic hydroxyl groups excluding tert-OH is 1. The lowest BCUT2D eigenvalue weighted by Crippen LogP contribution is -1.99. The van der Waals surface area contributed by atoms with Crippen molar-refractivity contribution in [3.05, 3.63) is 66.1 Å². The number of pyridine rings is 1. The van der Waals surface area contributed by atoms with Gasteiger partial charge >= 0.3 is 0 Å². The molecule has 3 rings (SSSR count). The Morgan fingerprint density at radius 1 is 1.19 bits per heavy atom. The summed E-state index contributed by atoms with van der Waals surface area (Å²) in [5.74, 6) is -1.38. The Bertz CT molecular complexity index is 772. The van der Waals surface area contributed by atoms with Crippen LogP contribution in [0, 0.1) is 11.6 Å². The maximum atomic E-state index is 13.8. The lowest BCUT2D eigenvalue weighted by molar-refractivity contribution is 0.282. The van der Waals surface area contributed by atoms with Crippen LogP contribution in [0.1, 0.15) is 5.56 Å². The van der Waals surface area contributed by atoms with Crippen molar-refractivity contribution < 1.29 is 13.9 Å². The van der Waals surface area contributed by atoms with Crippen LogP contribution in [0.2, 0.25) is 0 Å². The van der Waals surface area contributed by atoms with E-state index in [4.69, 9.17) is 0 Å². The quantitative estimate of drug-likeness (QED) is 0.805. The lowest BCUT2D eigenvalue weighted by atomic mass is 10.1. The molecule has 1 aromatic carbocycles. The SMILES string of the molecule is OCc1cn(-c2ccc(F)cc2F)nc1-c1cccnc1. The van der Waals surface area contributed by atoms with E-state index in [9.17, 15) is 13.9 Å². The predicted molar refractivity (Wildman–Crippen MR) is 72.6 cm³/mol. The Morgan fingerprint density at radius 2 is 2.05 bits per heavy atom. The molecular weight excluding hydrogens is 276 g/mol. The van der Waals surface area contributed by atoms with Crippen LogP contribution < -0.4 is 0 Å². The zero-order valence-corrected chi connectivity index (χ0v) is 10.9. The van der Waals surface area contributed by atoms with E-state index in [0.717, 1.165) is 12.1 Å². The van der Waals surface area contributed by atoms with Gasteiger partial charge in [-0.1, -0.05) is 0 Å². The summed E-state index contributed by atoms with van der Waals surface area (Å²) < 4.78 is 28.0. The number of benzene rings is 1. The molecule has 0 atom stereocenters. The molecule has 21 heavy (non-hydrogen) atoms. The van der Waals surface area contributed by atoms with Gasteiger partial charge in [0, 0.05) is 35.8 Å². The number of hydrogen-bond donors (Lipinski definition) is 1. The van der Waals surface area contributed by atoms with Gasteiger partial charge in [0.15, 0.2) is 5.82 Å². The molecular formula is C15H11F2N3O. The van der Waals surface area contributed by atoms with Gasteiger partial charge in [0.25, 0.3) is 0 Å². The molecule has 0 unspecified atom stereocenters. The summed E-state index contributed by atoms with van der Waals surface area (Å²) in [5.41, 5.74) is 1.87. The van der Waals surface area contributed by atoms with E-state index in [1.807, 2.05) is 0 Å². The van der Waals surface area contributed by atoms with Gasteiger partial charge in [-0.3, -0.25) is 4.98 Å². The molecule has 0 aliphatic rings. The second-order valence-electron chi connectivity index (χ2n) is 4.44. The van der Waals surface area contributed by atoms with Crippen molar-refractivity contribution in [2.24, 2.45) is 0 Å². The number of aromatic nitrogens is 3. The topological polar surface area (TPSA) is 50.9 Å². The summed E-state index contributed by atoms with van der Waals surface area (Å²) in [4.78, 5) is 3.99. The Morgan fingerprint density at radius 3 is 2.71 bits per heavy atom. The van der Waals surface area contributed by atoms with Crippen LogP contribution in [0.15, 0.2) is 48.9 Å². The molecule has 0 radical (unpaired) electrons. The number of aliphatic hydroxyl groups is 1. The van der Waals surface area contributed by atoms with Crippen LogP contribution >= 0.6 is 0 Å². The minimum absolute atomic E-state index is 0.112. The van der Waals surface area contributed by atoms with Crippen molar-refractivity contribution >= 4 is 0 Å². The van der Waals surface area contributed by atoms with E-state index >= 15 is 0 Å². The van der Waals surface area contributed by atoms with E-state index in [2.05, 4.69) is 10.1 Å². The van der Waals surface area contributed by atoms with E-state index in [1.54, 1.807) is 24.5 Å². The first-order chi connectivity index (χ1) is 10.2. The highest BCUT2D eigenvalue weighted by Gasteiger charge is 2.14. The average molecular weight is 287 g/mol. The molecule has 106 valence electrons. The van der Waals surface area contributed by atoms with Crippen molar-refractivity contribution in [1.29, 1.82) is 0 Å². The van der Waals surface area contributed by atoms with Gasteiger partial charge in [-0.15, -0.1) is 0 Å². The zero-order valence-electron chi connectivity index (χ0n) is 10.9. The number of rotatable bonds is 3. The second-order valence-corrected chi connectivity index (χ2v) is 4.44. The van der Waals surface area contributed by atoms with Crippen molar-refractivity contribution in [1.82, 2.24) is 14.8 Å². The Hall–Kier alpha value is -2.60. The largest absolute Gasteiger partial charge is 0.392 e. The summed E-state index contributed by atoms with van der Waals surface area (Å²) in [5, 5.41) is 13.7. The monoisotopic (exact) mass is 287 g/mol. The van der Waals surface area contributed by atoms with Crippen LogP contribution in [-0.2, 0) is 6.61 Å². The van der Waals surface area contributed by atoms with E-state index < -0.39 is 11.6 Å². The molecule has 3 aromatic rings. The van der Waals surface area contributed by atoms with E-state index in [0.29, 0.717) is 16.8 Å². The fraction of sp³-hybridized carbons (Fsp3) is 0.0667. The fourth-order valence-corrected chi connectivity index (χ4v) is 2.06. The van der Waals surface area contributed by atoms with Crippen LogP contribution in [0.3, 0.4) is 0 Å². The molecule has 0 saturated heterocycles. The van der Waals surface area contributed by atoms with Crippen molar-refractivity contribution in [2.45, 2.75) is 6.61 Å². The predicted octanol–water partition coefficient (Wildman–Crippen LogP) is 2.70. The molecule has 0 fully saturated rings. The van der Waals surface area contributed by atoms with Crippen molar-refractivity contribution in [3.63, 3.8) is 0 Å². The zero-order chi connectivity index (χ0) is 14.8. The Balaban J connectivity index is 2.12. The molecule has 0 spiro atoms.